The lowest BCUT2D eigenvalue weighted by atomic mass is 10.1. The van der Waals surface area contributed by atoms with Crippen LogP contribution in [0.5, 0.6) is 0 Å². The molecule has 0 aliphatic carbocycles. The van der Waals surface area contributed by atoms with Gasteiger partial charge in [0.1, 0.15) is 11.9 Å². The molecule has 0 fully saturated rings. The van der Waals surface area contributed by atoms with E-state index in [9.17, 15) is 9.18 Å². The summed E-state index contributed by atoms with van der Waals surface area (Å²) in [7, 11) is 0. The molecule has 0 saturated carbocycles. The Hall–Kier alpha value is -1.38. The number of hydrogen-bond donors (Lipinski definition) is 0. The molecule has 0 aliphatic heterocycles. The number of carbonyl (C=O) groups is 1. The van der Waals surface area contributed by atoms with Gasteiger partial charge in [-0.1, -0.05) is 18.2 Å². The number of halogens is 1. The predicted octanol–water partition coefficient (Wildman–Crippen LogP) is 1.93. The quantitative estimate of drug-likeness (QED) is 0.665. The predicted molar refractivity (Wildman–Crippen MR) is 46.7 cm³/mol. The summed E-state index contributed by atoms with van der Waals surface area (Å²) in [6.45, 7) is 2.10. The first kappa shape index (κ1) is 9.71. The first-order valence-corrected chi connectivity index (χ1v) is 4.06. The van der Waals surface area contributed by atoms with Crippen molar-refractivity contribution in [2.24, 2.45) is 0 Å². The minimum Gasteiger partial charge on any atom is -0.465 e. The van der Waals surface area contributed by atoms with Crippen LogP contribution >= 0.6 is 0 Å². The third-order valence-electron chi connectivity index (χ3n) is 1.75. The Kier molecular flexibility index (Phi) is 3.43. The van der Waals surface area contributed by atoms with E-state index in [2.05, 4.69) is 4.74 Å². The maximum atomic E-state index is 13.0. The lowest BCUT2D eigenvalue weighted by molar-refractivity contribution is -0.132. The van der Waals surface area contributed by atoms with Crippen molar-refractivity contribution in [3.63, 3.8) is 0 Å². The molecule has 2 nitrogen and oxygen atoms in total. The second kappa shape index (κ2) is 4.60. The van der Waals surface area contributed by atoms with Gasteiger partial charge in [0.15, 0.2) is 0 Å². The molecule has 0 aliphatic rings. The summed E-state index contributed by atoms with van der Waals surface area (Å²) < 4.78 is 17.7. The highest BCUT2D eigenvalue weighted by atomic mass is 19.1. The molecule has 70 valence electrons. The first-order valence-electron chi connectivity index (χ1n) is 4.06. The van der Waals surface area contributed by atoms with Crippen LogP contribution in [0.2, 0.25) is 0 Å². The molecule has 0 saturated heterocycles. The highest BCUT2D eigenvalue weighted by Crippen LogP contribution is 2.09. The van der Waals surface area contributed by atoms with Gasteiger partial charge in [-0.05, 0) is 18.6 Å². The summed E-state index contributed by atoms with van der Waals surface area (Å²) in [4.78, 5) is 9.97. The van der Waals surface area contributed by atoms with Crippen LogP contribution in [0.15, 0.2) is 24.3 Å². The van der Waals surface area contributed by atoms with Gasteiger partial charge in [-0.2, -0.15) is 0 Å². The molecule has 3 heteroatoms. The Balaban J connectivity index is 2.63. The van der Waals surface area contributed by atoms with Crippen molar-refractivity contribution >= 4 is 6.47 Å². The lowest BCUT2D eigenvalue weighted by Gasteiger charge is -2.09. The number of rotatable bonds is 4. The minimum atomic E-state index is -0.283. The van der Waals surface area contributed by atoms with E-state index in [-0.39, 0.29) is 11.9 Å². The average molecular weight is 182 g/mol. The van der Waals surface area contributed by atoms with E-state index in [1.54, 1.807) is 25.1 Å². The van der Waals surface area contributed by atoms with Crippen LogP contribution in [0, 0.1) is 5.82 Å². The fourth-order valence-corrected chi connectivity index (χ4v) is 1.12. The van der Waals surface area contributed by atoms with Gasteiger partial charge in [0, 0.05) is 6.42 Å². The van der Waals surface area contributed by atoms with Crippen LogP contribution in [0.4, 0.5) is 4.39 Å². The van der Waals surface area contributed by atoms with Crippen molar-refractivity contribution in [1.29, 1.82) is 0 Å². The summed E-state index contributed by atoms with van der Waals surface area (Å²) in [5.41, 5.74) is 0.567. The van der Waals surface area contributed by atoms with Crippen LogP contribution < -0.4 is 0 Å². The smallest absolute Gasteiger partial charge is 0.293 e. The minimum absolute atomic E-state index is 0.260. The first-order chi connectivity index (χ1) is 6.24. The van der Waals surface area contributed by atoms with Crippen molar-refractivity contribution in [2.75, 3.05) is 0 Å². The summed E-state index contributed by atoms with van der Waals surface area (Å²) in [5, 5.41) is 0. The van der Waals surface area contributed by atoms with Crippen LogP contribution in [-0.4, -0.2) is 12.6 Å². The zero-order chi connectivity index (χ0) is 9.68. The average Bonchev–Trinajstić information content (AvgIpc) is 2.09. The molecule has 0 N–H and O–H groups in total. The molecule has 0 spiro atoms. The Morgan fingerprint density at radius 2 is 2.23 bits per heavy atom. The standard InChI is InChI=1S/C10H11FO2/c1-8(13-7-12)6-9-4-2-3-5-10(9)11/h2-5,7-8H,6H2,1H3. The fraction of sp³-hybridized carbons (Fsp3) is 0.300. The molecule has 1 rings (SSSR count). The van der Waals surface area contributed by atoms with Crippen LogP contribution in [-0.2, 0) is 16.0 Å². The summed E-state index contributed by atoms with van der Waals surface area (Å²) in [6.07, 6.45) is 0.125. The SMILES string of the molecule is CC(Cc1ccccc1F)OC=O. The molecule has 1 aromatic rings. The van der Waals surface area contributed by atoms with E-state index in [0.29, 0.717) is 18.5 Å². The molecule has 1 unspecified atom stereocenters. The van der Waals surface area contributed by atoms with Gasteiger partial charge in [0.25, 0.3) is 6.47 Å². The van der Waals surface area contributed by atoms with Gasteiger partial charge in [0.2, 0.25) is 0 Å². The molecule has 0 radical (unpaired) electrons. The van der Waals surface area contributed by atoms with Crippen molar-refractivity contribution in [1.82, 2.24) is 0 Å². The molecule has 0 aromatic heterocycles. The number of carbonyl (C=O) groups excluding carboxylic acids is 1. The third-order valence-corrected chi connectivity index (χ3v) is 1.75. The third kappa shape index (κ3) is 2.86. The highest BCUT2D eigenvalue weighted by molar-refractivity contribution is 5.37. The summed E-state index contributed by atoms with van der Waals surface area (Å²) >= 11 is 0. The van der Waals surface area contributed by atoms with Crippen LogP contribution in [0.3, 0.4) is 0 Å². The van der Waals surface area contributed by atoms with Crippen molar-refractivity contribution in [3.8, 4) is 0 Å². The maximum Gasteiger partial charge on any atom is 0.293 e. The fourth-order valence-electron chi connectivity index (χ4n) is 1.12. The van der Waals surface area contributed by atoms with Crippen molar-refractivity contribution in [2.45, 2.75) is 19.4 Å². The molecular formula is C10H11FO2. The topological polar surface area (TPSA) is 26.3 Å². The summed E-state index contributed by atoms with van der Waals surface area (Å²) in [6, 6.07) is 6.46. The van der Waals surface area contributed by atoms with Crippen LogP contribution in [0.25, 0.3) is 0 Å². The molecule has 1 aromatic carbocycles. The normalized spacial score (nSPS) is 12.2. The Bertz CT molecular complexity index is 286. The number of benzene rings is 1. The molecule has 0 amide bonds. The zero-order valence-electron chi connectivity index (χ0n) is 7.37. The molecule has 0 heterocycles. The van der Waals surface area contributed by atoms with E-state index in [0.717, 1.165) is 0 Å². The highest BCUT2D eigenvalue weighted by Gasteiger charge is 2.06. The van der Waals surface area contributed by atoms with Gasteiger partial charge in [-0.15, -0.1) is 0 Å². The van der Waals surface area contributed by atoms with Gasteiger partial charge in [0.05, 0.1) is 0 Å². The van der Waals surface area contributed by atoms with Crippen molar-refractivity contribution in [3.05, 3.63) is 35.6 Å². The monoisotopic (exact) mass is 182 g/mol. The van der Waals surface area contributed by atoms with E-state index in [1.807, 2.05) is 0 Å². The van der Waals surface area contributed by atoms with Gasteiger partial charge in [-0.3, -0.25) is 4.79 Å². The van der Waals surface area contributed by atoms with Crippen LogP contribution in [0.1, 0.15) is 12.5 Å². The maximum absolute atomic E-state index is 13.0. The molecule has 13 heavy (non-hydrogen) atoms. The second-order valence-corrected chi connectivity index (χ2v) is 2.84. The Morgan fingerprint density at radius 3 is 2.85 bits per heavy atom. The Labute approximate surface area is 76.3 Å². The molecular weight excluding hydrogens is 171 g/mol. The van der Waals surface area contributed by atoms with Gasteiger partial charge < -0.3 is 4.74 Å². The van der Waals surface area contributed by atoms with E-state index < -0.39 is 0 Å². The van der Waals surface area contributed by atoms with E-state index in [1.165, 1.54) is 6.07 Å². The number of ether oxygens (including phenoxy) is 1. The van der Waals surface area contributed by atoms with Gasteiger partial charge in [-0.25, -0.2) is 4.39 Å². The zero-order valence-corrected chi connectivity index (χ0v) is 7.37. The van der Waals surface area contributed by atoms with Crippen molar-refractivity contribution < 1.29 is 13.9 Å². The van der Waals surface area contributed by atoms with E-state index >= 15 is 0 Å². The largest absolute Gasteiger partial charge is 0.465 e. The molecule has 1 atom stereocenters. The Morgan fingerprint density at radius 1 is 1.54 bits per heavy atom. The lowest BCUT2D eigenvalue weighted by Crippen LogP contribution is -2.11. The number of hydrogen-bond acceptors (Lipinski definition) is 2. The van der Waals surface area contributed by atoms with Gasteiger partial charge >= 0.3 is 0 Å². The summed E-state index contributed by atoms with van der Waals surface area (Å²) in [5.74, 6) is -0.260. The molecule has 0 bridgehead atoms. The van der Waals surface area contributed by atoms with E-state index in [4.69, 9.17) is 0 Å². The second-order valence-electron chi connectivity index (χ2n) is 2.84.